The van der Waals surface area contributed by atoms with Gasteiger partial charge in [-0.15, -0.1) is 0 Å². The number of rotatable bonds is 2. The lowest BCUT2D eigenvalue weighted by Gasteiger charge is -2.36. The highest BCUT2D eigenvalue weighted by molar-refractivity contribution is 9.09. The summed E-state index contributed by atoms with van der Waals surface area (Å²) in [5, 5.41) is 0. The largest absolute Gasteiger partial charge is 0.458 e. The molecule has 1 rings (SSSR count). The lowest BCUT2D eigenvalue weighted by atomic mass is 10.2. The van der Waals surface area contributed by atoms with Crippen LogP contribution in [-0.2, 0) is 14.3 Å². The third kappa shape index (κ3) is 4.03. The van der Waals surface area contributed by atoms with Crippen LogP contribution in [0.4, 0.5) is 0 Å². The van der Waals surface area contributed by atoms with Gasteiger partial charge in [0.1, 0.15) is 5.60 Å². The van der Waals surface area contributed by atoms with E-state index in [1.54, 1.807) is 0 Å². The van der Waals surface area contributed by atoms with Gasteiger partial charge in [0, 0.05) is 12.6 Å². The van der Waals surface area contributed by atoms with E-state index in [4.69, 9.17) is 9.47 Å². The van der Waals surface area contributed by atoms with Gasteiger partial charge in [0.25, 0.3) is 0 Å². The van der Waals surface area contributed by atoms with Crippen LogP contribution in [0.5, 0.6) is 0 Å². The van der Waals surface area contributed by atoms with Crippen molar-refractivity contribution in [2.45, 2.75) is 44.3 Å². The average molecular weight is 294 g/mol. The maximum absolute atomic E-state index is 11.9. The molecule has 0 N–H and O–H groups in total. The zero-order chi connectivity index (χ0) is 12.3. The quantitative estimate of drug-likeness (QED) is 0.442. The van der Waals surface area contributed by atoms with Crippen molar-refractivity contribution < 1.29 is 14.3 Å². The van der Waals surface area contributed by atoms with Crippen LogP contribution in [0, 0.1) is 0 Å². The van der Waals surface area contributed by atoms with Gasteiger partial charge in [0.15, 0.2) is 4.95 Å². The first kappa shape index (κ1) is 13.9. The number of halogens is 1. The molecule has 0 bridgehead atoms. The molecular formula is C11H20BrNO3. The van der Waals surface area contributed by atoms with Crippen LogP contribution in [0.15, 0.2) is 0 Å². The SMILES string of the molecule is C[C@@H]1COCCN1C(Br)C(=O)OC(C)(C)C. The van der Waals surface area contributed by atoms with Crippen LogP contribution in [0.2, 0.25) is 0 Å². The van der Waals surface area contributed by atoms with Crippen molar-refractivity contribution in [3.8, 4) is 0 Å². The number of alkyl halides is 1. The zero-order valence-corrected chi connectivity index (χ0v) is 11.9. The van der Waals surface area contributed by atoms with Gasteiger partial charge < -0.3 is 9.47 Å². The molecule has 0 saturated carbocycles. The minimum Gasteiger partial charge on any atom is -0.458 e. The zero-order valence-electron chi connectivity index (χ0n) is 10.3. The molecular weight excluding hydrogens is 274 g/mol. The number of esters is 1. The molecule has 0 radical (unpaired) electrons. The lowest BCUT2D eigenvalue weighted by molar-refractivity contribution is -0.159. The van der Waals surface area contributed by atoms with Gasteiger partial charge in [-0.25, -0.2) is 4.79 Å². The third-order valence-corrected chi connectivity index (χ3v) is 3.21. The summed E-state index contributed by atoms with van der Waals surface area (Å²) in [4.78, 5) is 13.5. The van der Waals surface area contributed by atoms with E-state index in [0.29, 0.717) is 13.2 Å². The Morgan fingerprint density at radius 3 is 2.69 bits per heavy atom. The number of hydrogen-bond donors (Lipinski definition) is 0. The molecule has 0 aromatic heterocycles. The molecule has 1 fully saturated rings. The highest BCUT2D eigenvalue weighted by Crippen LogP contribution is 2.19. The predicted octanol–water partition coefficient (Wildman–Crippen LogP) is 1.77. The van der Waals surface area contributed by atoms with E-state index < -0.39 is 5.60 Å². The van der Waals surface area contributed by atoms with E-state index in [2.05, 4.69) is 20.8 Å². The van der Waals surface area contributed by atoms with Crippen LogP contribution in [0.25, 0.3) is 0 Å². The molecule has 94 valence electrons. The van der Waals surface area contributed by atoms with Crippen LogP contribution in [0.1, 0.15) is 27.7 Å². The first-order valence-electron chi connectivity index (χ1n) is 5.51. The summed E-state index contributed by atoms with van der Waals surface area (Å²) >= 11 is 3.39. The van der Waals surface area contributed by atoms with Crippen LogP contribution < -0.4 is 0 Å². The Morgan fingerprint density at radius 1 is 1.56 bits per heavy atom. The fourth-order valence-electron chi connectivity index (χ4n) is 1.56. The molecule has 5 heteroatoms. The molecule has 0 spiro atoms. The van der Waals surface area contributed by atoms with E-state index in [-0.39, 0.29) is 17.0 Å². The summed E-state index contributed by atoms with van der Waals surface area (Å²) in [7, 11) is 0. The normalized spacial score (nSPS) is 25.2. The summed E-state index contributed by atoms with van der Waals surface area (Å²) in [6.07, 6.45) is 0. The highest BCUT2D eigenvalue weighted by atomic mass is 79.9. The third-order valence-electron chi connectivity index (χ3n) is 2.31. The van der Waals surface area contributed by atoms with Crippen molar-refractivity contribution in [3.63, 3.8) is 0 Å². The first-order chi connectivity index (χ1) is 7.31. The first-order valence-corrected chi connectivity index (χ1v) is 6.43. The van der Waals surface area contributed by atoms with E-state index >= 15 is 0 Å². The maximum atomic E-state index is 11.9. The van der Waals surface area contributed by atoms with Crippen molar-refractivity contribution in [1.82, 2.24) is 4.90 Å². The number of hydrogen-bond acceptors (Lipinski definition) is 4. The van der Waals surface area contributed by atoms with Crippen LogP contribution >= 0.6 is 15.9 Å². The van der Waals surface area contributed by atoms with E-state index in [1.165, 1.54) is 0 Å². The summed E-state index contributed by atoms with van der Waals surface area (Å²) in [5.41, 5.74) is -0.446. The van der Waals surface area contributed by atoms with Crippen LogP contribution in [-0.4, -0.2) is 47.2 Å². The molecule has 16 heavy (non-hydrogen) atoms. The summed E-state index contributed by atoms with van der Waals surface area (Å²) < 4.78 is 10.7. The van der Waals surface area contributed by atoms with Gasteiger partial charge in [-0.1, -0.05) is 15.9 Å². The van der Waals surface area contributed by atoms with Crippen molar-refractivity contribution in [3.05, 3.63) is 0 Å². The monoisotopic (exact) mass is 293 g/mol. The number of morpholine rings is 1. The molecule has 0 amide bonds. The second-order valence-corrected chi connectivity index (χ2v) is 5.90. The average Bonchev–Trinajstić information content (AvgIpc) is 2.15. The molecule has 1 aliphatic rings. The second-order valence-electron chi connectivity index (χ2n) is 5.03. The van der Waals surface area contributed by atoms with Gasteiger partial charge in [0.05, 0.1) is 13.2 Å². The number of nitrogens with zero attached hydrogens (tertiary/aromatic N) is 1. The van der Waals surface area contributed by atoms with Gasteiger partial charge in [0.2, 0.25) is 0 Å². The van der Waals surface area contributed by atoms with E-state index in [1.807, 2.05) is 27.7 Å². The van der Waals surface area contributed by atoms with E-state index in [0.717, 1.165) is 6.54 Å². The van der Waals surface area contributed by atoms with Gasteiger partial charge in [-0.3, -0.25) is 4.90 Å². The standard InChI is InChI=1S/C11H20BrNO3/c1-8-7-15-6-5-13(8)9(12)10(14)16-11(2,3)4/h8-9H,5-7H2,1-4H3/t8-,9?/m1/s1. The van der Waals surface area contributed by atoms with E-state index in [9.17, 15) is 4.79 Å². The molecule has 0 aliphatic carbocycles. The summed E-state index contributed by atoms with van der Waals surface area (Å²) in [6.45, 7) is 9.71. The predicted molar refractivity (Wildman–Crippen MR) is 65.5 cm³/mol. The van der Waals surface area contributed by atoms with Gasteiger partial charge in [-0.2, -0.15) is 0 Å². The van der Waals surface area contributed by atoms with Crippen LogP contribution in [0.3, 0.4) is 0 Å². The Labute approximate surface area is 105 Å². The molecule has 1 heterocycles. The smallest absolute Gasteiger partial charge is 0.335 e. The summed E-state index contributed by atoms with van der Waals surface area (Å²) in [5.74, 6) is -0.235. The Balaban J connectivity index is 2.55. The van der Waals surface area contributed by atoms with Crippen molar-refractivity contribution in [2.24, 2.45) is 0 Å². The van der Waals surface area contributed by atoms with Crippen molar-refractivity contribution in [1.29, 1.82) is 0 Å². The van der Waals surface area contributed by atoms with Crippen molar-refractivity contribution in [2.75, 3.05) is 19.8 Å². The Kier molecular flexibility index (Phi) is 4.76. The topological polar surface area (TPSA) is 38.8 Å². The molecule has 2 atom stereocenters. The Bertz CT molecular complexity index is 252. The lowest BCUT2D eigenvalue weighted by Crippen LogP contribution is -2.51. The van der Waals surface area contributed by atoms with Gasteiger partial charge in [-0.05, 0) is 27.7 Å². The van der Waals surface area contributed by atoms with Gasteiger partial charge >= 0.3 is 5.97 Å². The maximum Gasteiger partial charge on any atom is 0.335 e. The molecule has 1 saturated heterocycles. The number of carbonyl (C=O) groups excluding carboxylic acids is 1. The molecule has 0 aromatic carbocycles. The Hall–Kier alpha value is -0.130. The van der Waals surface area contributed by atoms with Crippen molar-refractivity contribution >= 4 is 21.9 Å². The summed E-state index contributed by atoms with van der Waals surface area (Å²) in [6, 6.07) is 0.227. The second kappa shape index (κ2) is 5.47. The Morgan fingerprint density at radius 2 is 2.19 bits per heavy atom. The molecule has 1 aliphatic heterocycles. The fraction of sp³-hybridized carbons (Fsp3) is 0.909. The number of ether oxygens (including phenoxy) is 2. The highest BCUT2D eigenvalue weighted by Gasteiger charge is 2.32. The minimum absolute atomic E-state index is 0.227. The fourth-order valence-corrected chi connectivity index (χ4v) is 2.26. The molecule has 0 aromatic rings. The number of carbonyl (C=O) groups is 1. The molecule has 4 nitrogen and oxygen atoms in total. The minimum atomic E-state index is -0.446. The molecule has 1 unspecified atom stereocenters.